The van der Waals surface area contributed by atoms with Crippen molar-refractivity contribution in [1.29, 1.82) is 0 Å². The monoisotopic (exact) mass is 275 g/mol. The second-order valence-electron chi connectivity index (χ2n) is 5.16. The number of hydrogen-bond donors (Lipinski definition) is 0. The van der Waals surface area contributed by atoms with Gasteiger partial charge < -0.3 is 4.74 Å². The van der Waals surface area contributed by atoms with Gasteiger partial charge >= 0.3 is 0 Å². The first-order valence-electron chi connectivity index (χ1n) is 6.96. The molecule has 0 atom stereocenters. The van der Waals surface area contributed by atoms with Gasteiger partial charge in [-0.15, -0.1) is 0 Å². The van der Waals surface area contributed by atoms with Crippen molar-refractivity contribution in [1.82, 2.24) is 4.98 Å². The van der Waals surface area contributed by atoms with Crippen LogP contribution in [-0.2, 0) is 6.42 Å². The Balaban J connectivity index is 1.75. The second kappa shape index (κ2) is 4.70. The maximum atomic E-state index is 12.6. The van der Waals surface area contributed by atoms with Crippen molar-refractivity contribution in [2.75, 3.05) is 6.61 Å². The van der Waals surface area contributed by atoms with Gasteiger partial charge in [0.1, 0.15) is 5.75 Å². The van der Waals surface area contributed by atoms with Crippen molar-refractivity contribution in [2.45, 2.75) is 6.42 Å². The van der Waals surface area contributed by atoms with Gasteiger partial charge in [0.05, 0.1) is 12.1 Å². The lowest BCUT2D eigenvalue weighted by atomic mass is 9.99. The smallest absolute Gasteiger partial charge is 0.193 e. The molecule has 0 aliphatic carbocycles. The standard InChI is InChI=1S/C18H13NO2/c20-18(14-5-6-17-13(10-14)7-9-21-17)15-4-3-12-2-1-8-19-16(12)11-15/h1-6,8,10-11H,7,9H2. The Kier molecular flexibility index (Phi) is 2.71. The average molecular weight is 275 g/mol. The molecule has 3 aromatic rings. The summed E-state index contributed by atoms with van der Waals surface area (Å²) in [5.74, 6) is 0.920. The van der Waals surface area contributed by atoms with Gasteiger partial charge in [-0.05, 0) is 35.9 Å². The lowest BCUT2D eigenvalue weighted by Gasteiger charge is -2.05. The molecule has 21 heavy (non-hydrogen) atoms. The third kappa shape index (κ3) is 2.07. The number of hydrogen-bond acceptors (Lipinski definition) is 3. The molecular weight excluding hydrogens is 262 g/mol. The highest BCUT2D eigenvalue weighted by Crippen LogP contribution is 2.27. The van der Waals surface area contributed by atoms with Crippen molar-refractivity contribution in [3.8, 4) is 5.75 Å². The number of ether oxygens (including phenoxy) is 1. The minimum atomic E-state index is 0.0252. The van der Waals surface area contributed by atoms with Crippen LogP contribution in [0.3, 0.4) is 0 Å². The number of nitrogens with zero attached hydrogens (tertiary/aromatic N) is 1. The van der Waals surface area contributed by atoms with Gasteiger partial charge in [0, 0.05) is 29.1 Å². The highest BCUT2D eigenvalue weighted by atomic mass is 16.5. The van der Waals surface area contributed by atoms with E-state index in [4.69, 9.17) is 4.74 Å². The molecule has 0 saturated carbocycles. The quantitative estimate of drug-likeness (QED) is 0.673. The number of benzene rings is 2. The zero-order chi connectivity index (χ0) is 14.2. The molecule has 102 valence electrons. The maximum absolute atomic E-state index is 12.6. The van der Waals surface area contributed by atoms with Gasteiger partial charge in [-0.2, -0.15) is 0 Å². The molecule has 3 heteroatoms. The summed E-state index contributed by atoms with van der Waals surface area (Å²) in [4.78, 5) is 16.9. The van der Waals surface area contributed by atoms with E-state index in [1.165, 1.54) is 0 Å². The van der Waals surface area contributed by atoms with Crippen molar-refractivity contribution in [3.05, 3.63) is 71.4 Å². The molecule has 1 aliphatic heterocycles. The lowest BCUT2D eigenvalue weighted by molar-refractivity contribution is 0.103. The fourth-order valence-electron chi connectivity index (χ4n) is 2.70. The first-order chi connectivity index (χ1) is 10.3. The van der Waals surface area contributed by atoms with E-state index in [0.717, 1.165) is 28.6 Å². The molecule has 0 unspecified atom stereocenters. The third-order valence-corrected chi connectivity index (χ3v) is 3.82. The Bertz CT molecular complexity index is 855. The first kappa shape index (κ1) is 12.1. The van der Waals surface area contributed by atoms with Gasteiger partial charge in [0.15, 0.2) is 5.78 Å². The first-order valence-corrected chi connectivity index (χ1v) is 6.96. The highest BCUT2D eigenvalue weighted by Gasteiger charge is 2.16. The number of carbonyl (C=O) groups is 1. The Morgan fingerprint density at radius 3 is 2.86 bits per heavy atom. The predicted octanol–water partition coefficient (Wildman–Crippen LogP) is 3.40. The van der Waals surface area contributed by atoms with Crippen LogP contribution in [-0.4, -0.2) is 17.4 Å². The number of rotatable bonds is 2. The van der Waals surface area contributed by atoms with Gasteiger partial charge in [-0.1, -0.05) is 18.2 Å². The van der Waals surface area contributed by atoms with E-state index in [2.05, 4.69) is 4.98 Å². The van der Waals surface area contributed by atoms with Crippen molar-refractivity contribution >= 4 is 16.7 Å². The molecule has 4 rings (SSSR count). The summed E-state index contributed by atoms with van der Waals surface area (Å²) in [6, 6.07) is 15.2. The molecule has 0 bridgehead atoms. The molecular formula is C18H13NO2. The van der Waals surface area contributed by atoms with Gasteiger partial charge in [0.25, 0.3) is 0 Å². The molecule has 2 heterocycles. The van der Waals surface area contributed by atoms with Crippen LogP contribution in [0.5, 0.6) is 5.75 Å². The van der Waals surface area contributed by atoms with E-state index in [0.29, 0.717) is 17.7 Å². The highest BCUT2D eigenvalue weighted by molar-refractivity contribution is 6.10. The Morgan fingerprint density at radius 2 is 1.90 bits per heavy atom. The average Bonchev–Trinajstić information content (AvgIpc) is 3.01. The van der Waals surface area contributed by atoms with Crippen molar-refractivity contribution in [2.24, 2.45) is 0 Å². The molecule has 2 aromatic carbocycles. The van der Waals surface area contributed by atoms with Gasteiger partial charge in [0.2, 0.25) is 0 Å². The summed E-state index contributed by atoms with van der Waals surface area (Å²) < 4.78 is 5.48. The van der Waals surface area contributed by atoms with Gasteiger partial charge in [-0.3, -0.25) is 9.78 Å². The fraction of sp³-hybridized carbons (Fsp3) is 0.111. The van der Waals surface area contributed by atoms with Crippen LogP contribution in [0.4, 0.5) is 0 Å². The largest absolute Gasteiger partial charge is 0.493 e. The number of aromatic nitrogens is 1. The van der Waals surface area contributed by atoms with Crippen LogP contribution in [0, 0.1) is 0 Å². The van der Waals surface area contributed by atoms with E-state index in [1.54, 1.807) is 6.20 Å². The fourth-order valence-corrected chi connectivity index (χ4v) is 2.70. The molecule has 0 radical (unpaired) electrons. The molecule has 1 aliphatic rings. The topological polar surface area (TPSA) is 39.2 Å². The molecule has 0 fully saturated rings. The molecule has 0 saturated heterocycles. The third-order valence-electron chi connectivity index (χ3n) is 3.82. The SMILES string of the molecule is O=C(c1ccc2c(c1)CCO2)c1ccc2cccnc2c1. The number of ketones is 1. The summed E-state index contributed by atoms with van der Waals surface area (Å²) in [6.07, 6.45) is 2.61. The van der Waals surface area contributed by atoms with Crippen LogP contribution >= 0.6 is 0 Å². The summed E-state index contributed by atoms with van der Waals surface area (Å²) in [6.45, 7) is 0.701. The Hall–Kier alpha value is -2.68. The van der Waals surface area contributed by atoms with E-state index >= 15 is 0 Å². The number of carbonyl (C=O) groups excluding carboxylic acids is 1. The minimum Gasteiger partial charge on any atom is -0.493 e. The van der Waals surface area contributed by atoms with Crippen LogP contribution in [0.1, 0.15) is 21.5 Å². The summed E-state index contributed by atoms with van der Waals surface area (Å²) >= 11 is 0. The van der Waals surface area contributed by atoms with Crippen LogP contribution in [0.25, 0.3) is 10.9 Å². The second-order valence-corrected chi connectivity index (χ2v) is 5.16. The van der Waals surface area contributed by atoms with Crippen LogP contribution in [0.2, 0.25) is 0 Å². The van der Waals surface area contributed by atoms with Crippen LogP contribution < -0.4 is 4.74 Å². The molecule has 0 spiro atoms. The number of pyridine rings is 1. The predicted molar refractivity (Wildman–Crippen MR) is 80.8 cm³/mol. The Morgan fingerprint density at radius 1 is 1.05 bits per heavy atom. The number of fused-ring (bicyclic) bond motifs is 2. The zero-order valence-electron chi connectivity index (χ0n) is 11.4. The van der Waals surface area contributed by atoms with E-state index in [9.17, 15) is 4.79 Å². The summed E-state index contributed by atoms with van der Waals surface area (Å²) in [5, 5.41) is 1.04. The molecule has 1 aromatic heterocycles. The molecule has 3 nitrogen and oxygen atoms in total. The maximum Gasteiger partial charge on any atom is 0.193 e. The Labute approximate surface area is 122 Å². The van der Waals surface area contributed by atoms with Crippen molar-refractivity contribution < 1.29 is 9.53 Å². The van der Waals surface area contributed by atoms with E-state index < -0.39 is 0 Å². The van der Waals surface area contributed by atoms with E-state index in [-0.39, 0.29) is 5.78 Å². The zero-order valence-corrected chi connectivity index (χ0v) is 11.4. The van der Waals surface area contributed by atoms with E-state index in [1.807, 2.05) is 48.5 Å². The van der Waals surface area contributed by atoms with Crippen molar-refractivity contribution in [3.63, 3.8) is 0 Å². The molecule has 0 amide bonds. The minimum absolute atomic E-state index is 0.0252. The summed E-state index contributed by atoms with van der Waals surface area (Å²) in [5.41, 5.74) is 3.32. The normalized spacial score (nSPS) is 13.0. The van der Waals surface area contributed by atoms with Crippen LogP contribution in [0.15, 0.2) is 54.7 Å². The lowest BCUT2D eigenvalue weighted by Crippen LogP contribution is -2.01. The molecule has 0 N–H and O–H groups in total. The summed E-state index contributed by atoms with van der Waals surface area (Å²) in [7, 11) is 0. The van der Waals surface area contributed by atoms with Gasteiger partial charge in [-0.25, -0.2) is 0 Å².